The van der Waals surface area contributed by atoms with Crippen LogP contribution in [-0.2, 0) is 15.8 Å². The van der Waals surface area contributed by atoms with Gasteiger partial charge in [-0.2, -0.15) is 0 Å². The molecule has 0 radical (unpaired) electrons. The second-order valence-corrected chi connectivity index (χ2v) is 5.01. The summed E-state index contributed by atoms with van der Waals surface area (Å²) >= 11 is 0. The van der Waals surface area contributed by atoms with Crippen molar-refractivity contribution in [3.8, 4) is 0 Å². The number of hydrogen-bond acceptors (Lipinski definition) is 3. The lowest BCUT2D eigenvalue weighted by molar-refractivity contribution is -0.136. The van der Waals surface area contributed by atoms with Gasteiger partial charge in [0.05, 0.1) is 6.42 Å². The molecule has 2 aromatic rings. The number of carboxylic acid groups (broad SMARTS) is 1. The molecule has 2 rings (SSSR count). The number of nitrogens with zero attached hydrogens (tertiary/aromatic N) is 2. The Morgan fingerprint density at radius 2 is 2.12 bits per heavy atom. The van der Waals surface area contributed by atoms with Crippen LogP contribution in [0.2, 0.25) is 0 Å². The van der Waals surface area contributed by atoms with Crippen molar-refractivity contribution in [1.82, 2.24) is 9.38 Å². The van der Waals surface area contributed by atoms with Gasteiger partial charge in [0.2, 0.25) is 0 Å². The quantitative estimate of drug-likeness (QED) is 0.653. The molecule has 2 aromatic heterocycles. The summed E-state index contributed by atoms with van der Waals surface area (Å²) in [4.78, 5) is 32.4. The van der Waals surface area contributed by atoms with Gasteiger partial charge >= 0.3 is 13.6 Å². The van der Waals surface area contributed by atoms with Gasteiger partial charge in [-0.05, 0) is 12.1 Å². The van der Waals surface area contributed by atoms with Crippen molar-refractivity contribution in [3.63, 3.8) is 0 Å². The summed E-state index contributed by atoms with van der Waals surface area (Å²) in [6.07, 6.45) is 0.919. The van der Waals surface area contributed by atoms with Crippen LogP contribution in [0.4, 0.5) is 0 Å². The normalized spacial score (nSPS) is 11.9. The van der Waals surface area contributed by atoms with E-state index in [1.54, 1.807) is 18.2 Å². The van der Waals surface area contributed by atoms with Gasteiger partial charge in [-0.1, -0.05) is 6.07 Å². The summed E-state index contributed by atoms with van der Waals surface area (Å²) < 4.78 is 12.4. The standard InChI is InChI=1S/C9H9N2O5P/c12-9(13)4-6-2-1-3-7-10-8(5-11(6)7)17(14,15)16/h1-3,5H,4H2,(H,12,13)(H2,14,15,16). The van der Waals surface area contributed by atoms with Crippen molar-refractivity contribution in [2.24, 2.45) is 0 Å². The maximum absolute atomic E-state index is 11.0. The fraction of sp³-hybridized carbons (Fsp3) is 0.111. The Labute approximate surface area is 95.5 Å². The largest absolute Gasteiger partial charge is 0.481 e. The molecule has 0 atom stereocenters. The third-order valence-electron chi connectivity index (χ3n) is 2.19. The Bertz CT molecular complexity index is 629. The second kappa shape index (κ2) is 3.96. The van der Waals surface area contributed by atoms with Gasteiger partial charge in [-0.15, -0.1) is 0 Å². The maximum Gasteiger partial charge on any atom is 0.376 e. The Morgan fingerprint density at radius 3 is 2.71 bits per heavy atom. The zero-order chi connectivity index (χ0) is 12.6. The first-order valence-corrected chi connectivity index (χ1v) is 6.24. The molecule has 0 unspecified atom stereocenters. The third-order valence-corrected chi connectivity index (χ3v) is 3.01. The summed E-state index contributed by atoms with van der Waals surface area (Å²) in [7, 11) is -4.42. The molecule has 7 nitrogen and oxygen atoms in total. The minimum Gasteiger partial charge on any atom is -0.481 e. The van der Waals surface area contributed by atoms with E-state index in [2.05, 4.69) is 4.98 Å². The van der Waals surface area contributed by atoms with Crippen LogP contribution in [0, 0.1) is 0 Å². The number of carbonyl (C=O) groups is 1. The highest BCUT2D eigenvalue weighted by Gasteiger charge is 2.21. The van der Waals surface area contributed by atoms with E-state index in [4.69, 9.17) is 14.9 Å². The fourth-order valence-electron chi connectivity index (χ4n) is 1.49. The predicted octanol–water partition coefficient (Wildman–Crippen LogP) is -0.236. The molecule has 8 heteroatoms. The summed E-state index contributed by atoms with van der Waals surface area (Å²) in [5, 5.41) is 8.71. The van der Waals surface area contributed by atoms with Crippen LogP contribution in [0.1, 0.15) is 5.69 Å². The van der Waals surface area contributed by atoms with Crippen molar-refractivity contribution in [2.75, 3.05) is 0 Å². The topological polar surface area (TPSA) is 112 Å². The van der Waals surface area contributed by atoms with Gasteiger partial charge in [0, 0.05) is 11.9 Å². The van der Waals surface area contributed by atoms with Crippen molar-refractivity contribution in [2.45, 2.75) is 6.42 Å². The molecule has 0 amide bonds. The number of hydrogen-bond donors (Lipinski definition) is 3. The van der Waals surface area contributed by atoms with E-state index < -0.39 is 13.6 Å². The highest BCUT2D eigenvalue weighted by atomic mass is 31.2. The molecule has 2 heterocycles. The van der Waals surface area contributed by atoms with Crippen molar-refractivity contribution in [3.05, 3.63) is 30.1 Å². The second-order valence-electron chi connectivity index (χ2n) is 3.46. The minimum absolute atomic E-state index is 0.242. The lowest BCUT2D eigenvalue weighted by Crippen LogP contribution is -2.06. The highest BCUT2D eigenvalue weighted by molar-refractivity contribution is 7.60. The van der Waals surface area contributed by atoms with Crippen LogP contribution in [0.15, 0.2) is 24.4 Å². The number of imidazole rings is 1. The van der Waals surface area contributed by atoms with Crippen LogP contribution in [0.3, 0.4) is 0 Å². The summed E-state index contributed by atoms with van der Waals surface area (Å²) in [6.45, 7) is 0. The summed E-state index contributed by atoms with van der Waals surface area (Å²) in [5.41, 5.74) is 0.347. The van der Waals surface area contributed by atoms with Gasteiger partial charge in [-0.3, -0.25) is 9.36 Å². The molecule has 0 fully saturated rings. The maximum atomic E-state index is 11.0. The molecule has 0 aromatic carbocycles. The molecule has 0 aliphatic carbocycles. The van der Waals surface area contributed by atoms with E-state index >= 15 is 0 Å². The van der Waals surface area contributed by atoms with Gasteiger partial charge in [0.15, 0.2) is 5.44 Å². The Balaban J connectivity index is 2.61. The Morgan fingerprint density at radius 1 is 1.41 bits per heavy atom. The molecule has 0 bridgehead atoms. The first-order valence-electron chi connectivity index (χ1n) is 4.63. The van der Waals surface area contributed by atoms with Gasteiger partial charge in [-0.25, -0.2) is 4.98 Å². The molecule has 0 saturated heterocycles. The molecule has 3 N–H and O–H groups in total. The summed E-state index contributed by atoms with van der Waals surface area (Å²) in [5.74, 6) is -1.02. The van der Waals surface area contributed by atoms with Gasteiger partial charge < -0.3 is 19.3 Å². The van der Waals surface area contributed by atoms with E-state index in [1.807, 2.05) is 0 Å². The van der Waals surface area contributed by atoms with Crippen LogP contribution in [-0.4, -0.2) is 30.2 Å². The van der Waals surface area contributed by atoms with Crippen molar-refractivity contribution >= 4 is 24.6 Å². The van der Waals surface area contributed by atoms with Crippen LogP contribution < -0.4 is 5.44 Å². The molecule has 0 saturated carbocycles. The number of aromatic nitrogens is 2. The van der Waals surface area contributed by atoms with E-state index in [0.717, 1.165) is 6.20 Å². The average Bonchev–Trinajstić information content (AvgIpc) is 2.60. The van der Waals surface area contributed by atoms with E-state index in [0.29, 0.717) is 11.3 Å². The number of carboxylic acids is 1. The van der Waals surface area contributed by atoms with E-state index in [1.165, 1.54) is 4.40 Å². The molecule has 0 aliphatic heterocycles. The number of fused-ring (bicyclic) bond motifs is 1. The third kappa shape index (κ3) is 2.36. The lowest BCUT2D eigenvalue weighted by Gasteiger charge is -2.01. The average molecular weight is 256 g/mol. The predicted molar refractivity (Wildman–Crippen MR) is 58.2 cm³/mol. The zero-order valence-corrected chi connectivity index (χ0v) is 9.41. The van der Waals surface area contributed by atoms with Crippen LogP contribution in [0.5, 0.6) is 0 Å². The van der Waals surface area contributed by atoms with Gasteiger partial charge in [0.25, 0.3) is 0 Å². The first-order chi connectivity index (χ1) is 7.88. The van der Waals surface area contributed by atoms with Crippen LogP contribution in [0.25, 0.3) is 5.65 Å². The van der Waals surface area contributed by atoms with E-state index in [9.17, 15) is 9.36 Å². The Hall–Kier alpha value is -1.69. The minimum atomic E-state index is -4.42. The number of aliphatic carboxylic acids is 1. The smallest absolute Gasteiger partial charge is 0.376 e. The zero-order valence-electron chi connectivity index (χ0n) is 8.52. The molecular formula is C9H9N2O5P. The number of rotatable bonds is 3. The van der Waals surface area contributed by atoms with Crippen LogP contribution >= 0.6 is 7.60 Å². The summed E-state index contributed by atoms with van der Waals surface area (Å²) in [6, 6.07) is 4.70. The monoisotopic (exact) mass is 256 g/mol. The highest BCUT2D eigenvalue weighted by Crippen LogP contribution is 2.32. The lowest BCUT2D eigenvalue weighted by atomic mass is 10.2. The van der Waals surface area contributed by atoms with Crippen molar-refractivity contribution in [1.29, 1.82) is 0 Å². The SMILES string of the molecule is O=C(O)Cc1cccc2nc(P(=O)(O)O)cn12. The van der Waals surface area contributed by atoms with Gasteiger partial charge in [0.1, 0.15) is 5.65 Å². The number of pyridine rings is 1. The fourth-order valence-corrected chi connectivity index (χ4v) is 1.99. The Kier molecular flexibility index (Phi) is 2.74. The molecule has 17 heavy (non-hydrogen) atoms. The molecule has 0 aliphatic rings. The molecule has 0 spiro atoms. The molecular weight excluding hydrogens is 247 g/mol. The van der Waals surface area contributed by atoms with Crippen molar-refractivity contribution < 1.29 is 24.3 Å². The van der Waals surface area contributed by atoms with E-state index in [-0.39, 0.29) is 11.9 Å². The first kappa shape index (κ1) is 11.8. The molecule has 90 valence electrons.